The molecule has 0 aliphatic carbocycles. The van der Waals surface area contributed by atoms with Gasteiger partial charge in [0, 0.05) is 45.8 Å². The van der Waals surface area contributed by atoms with Crippen LogP contribution in [-0.4, -0.2) is 75.2 Å². The summed E-state index contributed by atoms with van der Waals surface area (Å²) in [6.45, 7) is 10.9. The van der Waals surface area contributed by atoms with Gasteiger partial charge in [-0.05, 0) is 57.8 Å². The maximum absolute atomic E-state index is 4.47. The summed E-state index contributed by atoms with van der Waals surface area (Å²) in [7, 11) is 4.09. The van der Waals surface area contributed by atoms with Gasteiger partial charge in [-0.1, -0.05) is 0 Å². The molecule has 1 aliphatic rings. The quantitative estimate of drug-likeness (QED) is 0.282. The van der Waals surface area contributed by atoms with Gasteiger partial charge in [-0.15, -0.1) is 35.3 Å². The lowest BCUT2D eigenvalue weighted by molar-refractivity contribution is 0.268. The van der Waals surface area contributed by atoms with Crippen LogP contribution in [0.25, 0.3) is 0 Å². The Morgan fingerprint density at radius 1 is 1.28 bits per heavy atom. The van der Waals surface area contributed by atoms with Crippen LogP contribution in [0.15, 0.2) is 22.5 Å². The molecule has 2 heterocycles. The molecular formula is C18H34IN5S. The third-order valence-electron chi connectivity index (χ3n) is 4.71. The molecule has 1 saturated heterocycles. The van der Waals surface area contributed by atoms with Gasteiger partial charge in [0.1, 0.15) is 0 Å². The Kier molecular flexibility index (Phi) is 10.8. The molecule has 7 heteroatoms. The lowest BCUT2D eigenvalue weighted by atomic mass is 10.2. The van der Waals surface area contributed by atoms with Gasteiger partial charge < -0.3 is 20.0 Å². The number of nitrogens with one attached hydrogen (secondary N) is 1. The van der Waals surface area contributed by atoms with Gasteiger partial charge in [-0.3, -0.25) is 4.99 Å². The molecule has 25 heavy (non-hydrogen) atoms. The monoisotopic (exact) mass is 479 g/mol. The van der Waals surface area contributed by atoms with Crippen molar-refractivity contribution in [2.24, 2.45) is 4.99 Å². The Morgan fingerprint density at radius 3 is 2.56 bits per heavy atom. The zero-order chi connectivity index (χ0) is 17.4. The maximum Gasteiger partial charge on any atom is 0.193 e. The van der Waals surface area contributed by atoms with E-state index in [9.17, 15) is 0 Å². The van der Waals surface area contributed by atoms with E-state index in [2.05, 4.69) is 63.4 Å². The van der Waals surface area contributed by atoms with Gasteiger partial charge >= 0.3 is 0 Å². The van der Waals surface area contributed by atoms with Crippen molar-refractivity contribution in [3.63, 3.8) is 0 Å². The second-order valence-electron chi connectivity index (χ2n) is 6.68. The summed E-state index contributed by atoms with van der Waals surface area (Å²) in [6.07, 6.45) is 2.41. The summed E-state index contributed by atoms with van der Waals surface area (Å²) < 4.78 is 0. The normalized spacial score (nSPS) is 15.7. The number of hydrogen-bond donors (Lipinski definition) is 1. The first-order valence-corrected chi connectivity index (χ1v) is 9.94. The standard InChI is InChI=1S/C18H33N5S.HI/c1-16(2)21(4)10-6-5-9-20-18(19-3)23-13-11-22(12-14-23)17-8-7-15-24-17;/h7-8,15-16H,5-6,9-14H2,1-4H3,(H,19,20);1H. The lowest BCUT2D eigenvalue weighted by Crippen LogP contribution is -2.52. The van der Waals surface area contributed by atoms with E-state index in [1.165, 1.54) is 17.8 Å². The summed E-state index contributed by atoms with van der Waals surface area (Å²) in [6, 6.07) is 4.97. The van der Waals surface area contributed by atoms with Crippen molar-refractivity contribution < 1.29 is 0 Å². The van der Waals surface area contributed by atoms with E-state index in [0.717, 1.165) is 45.2 Å². The third-order valence-corrected chi connectivity index (χ3v) is 5.64. The van der Waals surface area contributed by atoms with Gasteiger partial charge in [-0.2, -0.15) is 0 Å². The van der Waals surface area contributed by atoms with Crippen LogP contribution in [0.5, 0.6) is 0 Å². The molecule has 5 nitrogen and oxygen atoms in total. The molecule has 0 saturated carbocycles. The summed E-state index contributed by atoms with van der Waals surface area (Å²) in [5, 5.41) is 7.07. The fourth-order valence-corrected chi connectivity index (χ4v) is 3.65. The molecular weight excluding hydrogens is 445 g/mol. The number of nitrogens with zero attached hydrogens (tertiary/aromatic N) is 4. The van der Waals surface area contributed by atoms with E-state index in [4.69, 9.17) is 0 Å². The van der Waals surface area contributed by atoms with E-state index >= 15 is 0 Å². The van der Waals surface area contributed by atoms with Crippen LogP contribution >= 0.6 is 35.3 Å². The van der Waals surface area contributed by atoms with Crippen molar-refractivity contribution in [1.82, 2.24) is 15.1 Å². The second kappa shape index (κ2) is 12.0. The van der Waals surface area contributed by atoms with E-state index < -0.39 is 0 Å². The van der Waals surface area contributed by atoms with E-state index in [-0.39, 0.29) is 24.0 Å². The summed E-state index contributed by atoms with van der Waals surface area (Å²) in [4.78, 5) is 11.7. The van der Waals surface area contributed by atoms with Gasteiger partial charge in [0.15, 0.2) is 5.96 Å². The Balaban J connectivity index is 0.00000312. The first-order valence-electron chi connectivity index (χ1n) is 9.06. The average Bonchev–Trinajstić information content (AvgIpc) is 3.12. The highest BCUT2D eigenvalue weighted by Crippen LogP contribution is 2.22. The fraction of sp³-hybridized carbons (Fsp3) is 0.722. The van der Waals surface area contributed by atoms with Gasteiger partial charge in [0.05, 0.1) is 5.00 Å². The number of rotatable bonds is 7. The first-order chi connectivity index (χ1) is 11.6. The van der Waals surface area contributed by atoms with Crippen LogP contribution < -0.4 is 10.2 Å². The van der Waals surface area contributed by atoms with E-state index in [1.54, 1.807) is 0 Å². The molecule has 0 bridgehead atoms. The molecule has 1 aliphatic heterocycles. The lowest BCUT2D eigenvalue weighted by Gasteiger charge is -2.37. The Morgan fingerprint density at radius 2 is 2.00 bits per heavy atom. The molecule has 2 rings (SSSR count). The third kappa shape index (κ3) is 7.30. The van der Waals surface area contributed by atoms with Crippen molar-refractivity contribution in [3.8, 4) is 0 Å². The number of piperazine rings is 1. The van der Waals surface area contributed by atoms with Crippen LogP contribution in [0.2, 0.25) is 0 Å². The van der Waals surface area contributed by atoms with Crippen LogP contribution in [0, 0.1) is 0 Å². The maximum atomic E-state index is 4.47. The topological polar surface area (TPSA) is 34.1 Å². The number of aliphatic imine (C=N–C) groups is 1. The van der Waals surface area contributed by atoms with Crippen molar-refractivity contribution in [1.29, 1.82) is 0 Å². The highest BCUT2D eigenvalue weighted by atomic mass is 127. The Hall–Kier alpha value is -0.540. The molecule has 0 atom stereocenters. The molecule has 0 radical (unpaired) electrons. The molecule has 144 valence electrons. The van der Waals surface area contributed by atoms with Crippen molar-refractivity contribution in [2.75, 3.05) is 58.3 Å². The predicted molar refractivity (Wildman–Crippen MR) is 122 cm³/mol. The number of hydrogen-bond acceptors (Lipinski definition) is 4. The minimum Gasteiger partial charge on any atom is -0.360 e. The largest absolute Gasteiger partial charge is 0.360 e. The molecule has 1 fully saturated rings. The minimum atomic E-state index is 0. The highest BCUT2D eigenvalue weighted by molar-refractivity contribution is 14.0. The van der Waals surface area contributed by atoms with Crippen LogP contribution in [0.3, 0.4) is 0 Å². The van der Waals surface area contributed by atoms with Crippen LogP contribution in [0.4, 0.5) is 5.00 Å². The van der Waals surface area contributed by atoms with Gasteiger partial charge in [0.25, 0.3) is 0 Å². The summed E-state index contributed by atoms with van der Waals surface area (Å²) >= 11 is 1.83. The van der Waals surface area contributed by atoms with Gasteiger partial charge in [0.2, 0.25) is 0 Å². The minimum absolute atomic E-state index is 0. The number of guanidine groups is 1. The number of halogens is 1. The molecule has 1 N–H and O–H groups in total. The van der Waals surface area contributed by atoms with Crippen molar-refractivity contribution in [3.05, 3.63) is 17.5 Å². The summed E-state index contributed by atoms with van der Waals surface area (Å²) in [5.41, 5.74) is 0. The number of anilines is 1. The predicted octanol–water partition coefficient (Wildman–Crippen LogP) is 3.18. The Labute approximate surface area is 174 Å². The molecule has 1 aromatic heterocycles. The van der Waals surface area contributed by atoms with Crippen LogP contribution in [0.1, 0.15) is 26.7 Å². The smallest absolute Gasteiger partial charge is 0.193 e. The fourth-order valence-electron chi connectivity index (χ4n) is 2.87. The highest BCUT2D eigenvalue weighted by Gasteiger charge is 2.19. The zero-order valence-electron chi connectivity index (χ0n) is 16.1. The number of unbranched alkanes of at least 4 members (excludes halogenated alkanes) is 1. The SMILES string of the molecule is CN=C(NCCCCN(C)C(C)C)N1CCN(c2cccs2)CC1.I. The average molecular weight is 479 g/mol. The molecule has 0 unspecified atom stereocenters. The molecule has 0 aromatic carbocycles. The van der Waals surface area contributed by atoms with Crippen molar-refractivity contribution in [2.45, 2.75) is 32.7 Å². The molecule has 0 amide bonds. The number of thiophene rings is 1. The first kappa shape index (κ1) is 22.5. The summed E-state index contributed by atoms with van der Waals surface area (Å²) in [5.74, 6) is 1.05. The second-order valence-corrected chi connectivity index (χ2v) is 7.61. The molecule has 0 spiro atoms. The molecule has 1 aromatic rings. The Bertz CT molecular complexity index is 484. The van der Waals surface area contributed by atoms with Crippen molar-refractivity contribution >= 4 is 46.3 Å². The van der Waals surface area contributed by atoms with E-state index in [0.29, 0.717) is 6.04 Å². The zero-order valence-corrected chi connectivity index (χ0v) is 19.2. The van der Waals surface area contributed by atoms with Gasteiger partial charge in [-0.25, -0.2) is 0 Å². The van der Waals surface area contributed by atoms with E-state index in [1.807, 2.05) is 18.4 Å². The van der Waals surface area contributed by atoms with Crippen LogP contribution in [-0.2, 0) is 0 Å².